The normalized spacial score (nSPS) is 30.9. The maximum absolute atomic E-state index is 12.7. The van der Waals surface area contributed by atoms with Crippen LogP contribution in [-0.4, -0.2) is 85.4 Å². The summed E-state index contributed by atoms with van der Waals surface area (Å²) in [5.74, 6) is 0. The molecule has 3 fully saturated rings. The Bertz CT molecular complexity index is 448. The van der Waals surface area contributed by atoms with E-state index in [2.05, 4.69) is 16.7 Å². The summed E-state index contributed by atoms with van der Waals surface area (Å²) in [5.41, 5.74) is 0.345. The predicted octanol–water partition coefficient (Wildman–Crippen LogP) is 2.75. The molecule has 2 aliphatic heterocycles. The number of ether oxygens (including phenoxy) is 1. The first-order chi connectivity index (χ1) is 12.1. The van der Waals surface area contributed by atoms with Crippen LogP contribution in [0.5, 0.6) is 0 Å². The van der Waals surface area contributed by atoms with E-state index in [9.17, 15) is 9.18 Å². The van der Waals surface area contributed by atoms with Crippen molar-refractivity contribution >= 4 is 6.09 Å². The predicted molar refractivity (Wildman–Crippen MR) is 96.5 cm³/mol. The van der Waals surface area contributed by atoms with E-state index in [0.29, 0.717) is 30.7 Å². The standard InChI is InChI=1S/C19H34FN3O2/c1-3-21(12-8-20)16-5-9-22(10-6-16)17-13-19(14-17)7-11-23(15-19)18(24)25-4-2/h16-17H,3-15H2,1-2H3. The Morgan fingerprint density at radius 1 is 1.24 bits per heavy atom. The Morgan fingerprint density at radius 2 is 1.96 bits per heavy atom. The van der Waals surface area contributed by atoms with Crippen LogP contribution in [0.25, 0.3) is 0 Å². The van der Waals surface area contributed by atoms with Gasteiger partial charge in [-0.15, -0.1) is 0 Å². The zero-order valence-electron chi connectivity index (χ0n) is 15.9. The molecule has 0 N–H and O–H groups in total. The molecule has 0 bridgehead atoms. The zero-order valence-corrected chi connectivity index (χ0v) is 15.9. The summed E-state index contributed by atoms with van der Waals surface area (Å²) in [6.07, 6.45) is 5.74. The minimum Gasteiger partial charge on any atom is -0.450 e. The van der Waals surface area contributed by atoms with Gasteiger partial charge in [-0.25, -0.2) is 9.18 Å². The van der Waals surface area contributed by atoms with Crippen LogP contribution in [0.2, 0.25) is 0 Å². The lowest BCUT2D eigenvalue weighted by atomic mass is 9.64. The second-order valence-electron chi connectivity index (χ2n) is 8.02. The number of rotatable bonds is 6. The van der Waals surface area contributed by atoms with Gasteiger partial charge in [0.25, 0.3) is 0 Å². The molecule has 0 aromatic rings. The fourth-order valence-corrected chi connectivity index (χ4v) is 5.16. The molecule has 3 rings (SSSR count). The molecule has 2 heterocycles. The van der Waals surface area contributed by atoms with Gasteiger partial charge < -0.3 is 14.5 Å². The second kappa shape index (κ2) is 8.21. The molecule has 144 valence electrons. The van der Waals surface area contributed by atoms with Crippen molar-refractivity contribution in [3.8, 4) is 0 Å². The SMILES string of the molecule is CCOC(=O)N1CCC2(CC(N3CCC(N(CC)CCF)CC3)C2)C1. The molecule has 3 aliphatic rings. The van der Waals surface area contributed by atoms with Crippen LogP contribution in [0.3, 0.4) is 0 Å². The molecule has 5 nitrogen and oxygen atoms in total. The number of halogens is 1. The average Bonchev–Trinajstić information content (AvgIpc) is 3.05. The summed E-state index contributed by atoms with van der Waals surface area (Å²) < 4.78 is 17.8. The summed E-state index contributed by atoms with van der Waals surface area (Å²) in [6.45, 7) is 9.73. The average molecular weight is 355 g/mol. The minimum atomic E-state index is -0.240. The van der Waals surface area contributed by atoms with Gasteiger partial charge in [0, 0.05) is 31.7 Å². The number of likely N-dealkylation sites (tertiary alicyclic amines) is 2. The molecule has 25 heavy (non-hydrogen) atoms. The third kappa shape index (κ3) is 4.11. The van der Waals surface area contributed by atoms with Crippen LogP contribution in [0, 0.1) is 5.41 Å². The van der Waals surface area contributed by atoms with Crippen molar-refractivity contribution in [2.75, 3.05) is 52.6 Å². The van der Waals surface area contributed by atoms with E-state index in [1.165, 1.54) is 12.8 Å². The lowest BCUT2D eigenvalue weighted by Crippen LogP contribution is -2.56. The Labute approximate surface area is 151 Å². The maximum atomic E-state index is 12.7. The number of hydrogen-bond acceptors (Lipinski definition) is 4. The first-order valence-electron chi connectivity index (χ1n) is 10.1. The number of carbonyl (C=O) groups is 1. The van der Waals surface area contributed by atoms with E-state index in [1.807, 2.05) is 11.8 Å². The van der Waals surface area contributed by atoms with Gasteiger partial charge in [-0.1, -0.05) is 6.92 Å². The van der Waals surface area contributed by atoms with Crippen molar-refractivity contribution < 1.29 is 13.9 Å². The van der Waals surface area contributed by atoms with Gasteiger partial charge in [-0.3, -0.25) is 4.90 Å². The summed E-state index contributed by atoms with van der Waals surface area (Å²) in [4.78, 5) is 18.7. The summed E-state index contributed by atoms with van der Waals surface area (Å²) >= 11 is 0. The molecule has 6 heteroatoms. The summed E-state index contributed by atoms with van der Waals surface area (Å²) in [7, 11) is 0. The van der Waals surface area contributed by atoms with E-state index >= 15 is 0 Å². The first kappa shape index (κ1) is 18.9. The van der Waals surface area contributed by atoms with Gasteiger partial charge in [0.15, 0.2) is 0 Å². The molecular weight excluding hydrogens is 321 g/mol. The largest absolute Gasteiger partial charge is 0.450 e. The van der Waals surface area contributed by atoms with Crippen molar-refractivity contribution in [1.29, 1.82) is 0 Å². The lowest BCUT2D eigenvalue weighted by Gasteiger charge is -2.52. The van der Waals surface area contributed by atoms with Crippen molar-refractivity contribution in [2.45, 2.75) is 58.0 Å². The summed E-state index contributed by atoms with van der Waals surface area (Å²) in [5, 5.41) is 0. The van der Waals surface area contributed by atoms with Crippen LogP contribution in [0.15, 0.2) is 0 Å². The number of hydrogen-bond donors (Lipinski definition) is 0. The molecule has 0 aromatic carbocycles. The molecule has 1 saturated carbocycles. The van der Waals surface area contributed by atoms with Crippen LogP contribution in [-0.2, 0) is 4.74 Å². The van der Waals surface area contributed by atoms with E-state index < -0.39 is 0 Å². The van der Waals surface area contributed by atoms with Crippen molar-refractivity contribution in [3.63, 3.8) is 0 Å². The lowest BCUT2D eigenvalue weighted by molar-refractivity contribution is -0.0159. The zero-order chi connectivity index (χ0) is 17.9. The molecule has 0 aromatic heterocycles. The third-order valence-electron chi connectivity index (χ3n) is 6.61. The fraction of sp³-hybridized carbons (Fsp3) is 0.947. The van der Waals surface area contributed by atoms with Crippen LogP contribution < -0.4 is 0 Å². The van der Waals surface area contributed by atoms with E-state index in [1.54, 1.807) is 0 Å². The Hall–Kier alpha value is -0.880. The molecule has 0 atom stereocenters. The highest BCUT2D eigenvalue weighted by atomic mass is 19.1. The van der Waals surface area contributed by atoms with E-state index in [-0.39, 0.29) is 12.8 Å². The molecule has 0 unspecified atom stereocenters. The van der Waals surface area contributed by atoms with Gasteiger partial charge in [0.1, 0.15) is 6.67 Å². The molecule has 1 spiro atoms. The van der Waals surface area contributed by atoms with Gasteiger partial charge in [0.05, 0.1) is 6.61 Å². The number of amides is 1. The number of carbonyl (C=O) groups excluding carboxylic acids is 1. The Morgan fingerprint density at radius 3 is 2.56 bits per heavy atom. The van der Waals surface area contributed by atoms with Crippen molar-refractivity contribution in [3.05, 3.63) is 0 Å². The molecule has 1 aliphatic carbocycles. The number of alkyl halides is 1. The van der Waals surface area contributed by atoms with Crippen LogP contribution in [0.4, 0.5) is 9.18 Å². The summed E-state index contributed by atoms with van der Waals surface area (Å²) in [6, 6.07) is 1.23. The highest BCUT2D eigenvalue weighted by Crippen LogP contribution is 2.50. The van der Waals surface area contributed by atoms with Crippen LogP contribution >= 0.6 is 0 Å². The Balaban J connectivity index is 1.42. The quantitative estimate of drug-likeness (QED) is 0.734. The molecule has 2 saturated heterocycles. The van der Waals surface area contributed by atoms with Gasteiger partial charge in [-0.2, -0.15) is 0 Å². The van der Waals surface area contributed by atoms with Gasteiger partial charge in [0.2, 0.25) is 0 Å². The topological polar surface area (TPSA) is 36.0 Å². The smallest absolute Gasteiger partial charge is 0.409 e. The van der Waals surface area contributed by atoms with Crippen molar-refractivity contribution in [1.82, 2.24) is 14.7 Å². The van der Waals surface area contributed by atoms with Crippen molar-refractivity contribution in [2.24, 2.45) is 5.41 Å². The molecule has 1 amide bonds. The van der Waals surface area contributed by atoms with Crippen LogP contribution in [0.1, 0.15) is 46.0 Å². The van der Waals surface area contributed by atoms with Gasteiger partial charge >= 0.3 is 6.09 Å². The van der Waals surface area contributed by atoms with Gasteiger partial charge in [-0.05, 0) is 64.1 Å². The van der Waals surface area contributed by atoms with E-state index in [4.69, 9.17) is 4.74 Å². The number of piperidine rings is 1. The minimum absolute atomic E-state index is 0.142. The highest BCUT2D eigenvalue weighted by Gasteiger charge is 2.51. The number of nitrogens with zero attached hydrogens (tertiary/aromatic N) is 3. The fourth-order valence-electron chi connectivity index (χ4n) is 5.16. The second-order valence-corrected chi connectivity index (χ2v) is 8.02. The third-order valence-corrected chi connectivity index (χ3v) is 6.61. The van der Waals surface area contributed by atoms with E-state index in [0.717, 1.165) is 52.0 Å². The molecular formula is C19H34FN3O2. The monoisotopic (exact) mass is 355 g/mol. The Kier molecular flexibility index (Phi) is 6.21. The highest BCUT2D eigenvalue weighted by molar-refractivity contribution is 5.68. The first-order valence-corrected chi connectivity index (χ1v) is 10.1. The molecule has 0 radical (unpaired) electrons. The maximum Gasteiger partial charge on any atom is 0.409 e.